The molecule has 1 aliphatic rings. The number of nitrogen functional groups attached to an aromatic ring is 2. The zero-order valence-electron chi connectivity index (χ0n) is 7.95. The van der Waals surface area contributed by atoms with Gasteiger partial charge in [-0.2, -0.15) is 0 Å². The number of hydrogen-bond donors (Lipinski definition) is 2. The van der Waals surface area contributed by atoms with Gasteiger partial charge in [0.05, 0.1) is 11.4 Å². The molecular weight excluding hydrogens is 219 g/mol. The van der Waals surface area contributed by atoms with Crippen LogP contribution in [0.4, 0.5) is 11.4 Å². The molecule has 0 amide bonds. The summed E-state index contributed by atoms with van der Waals surface area (Å²) in [5.74, 6) is 0. The van der Waals surface area contributed by atoms with Crippen molar-refractivity contribution in [2.75, 3.05) is 11.5 Å². The molecule has 0 saturated carbocycles. The molecule has 1 aromatic rings. The van der Waals surface area contributed by atoms with E-state index >= 15 is 0 Å². The lowest BCUT2D eigenvalue weighted by Gasteiger charge is -2.18. The van der Waals surface area contributed by atoms with Gasteiger partial charge in [0.25, 0.3) is 0 Å². The van der Waals surface area contributed by atoms with Crippen molar-refractivity contribution in [2.24, 2.45) is 0 Å². The monoisotopic (exact) mass is 234 g/mol. The average Bonchev–Trinajstić information content (AvgIpc) is 2.12. The maximum Gasteiger partial charge on any atom is 0.0583 e. The molecule has 4 heteroatoms. The Kier molecular flexibility index (Phi) is 5.09. The number of fused-ring (bicyclic) bond motifs is 1. The Morgan fingerprint density at radius 2 is 1.57 bits per heavy atom. The lowest BCUT2D eigenvalue weighted by atomic mass is 9.90. The minimum Gasteiger partial charge on any atom is -0.397 e. The molecule has 0 aromatic heterocycles. The Hall–Kier alpha value is -0.600. The van der Waals surface area contributed by atoms with Crippen LogP contribution in [0.25, 0.3) is 0 Å². The van der Waals surface area contributed by atoms with E-state index in [0.29, 0.717) is 0 Å². The van der Waals surface area contributed by atoms with E-state index in [2.05, 4.69) is 6.07 Å². The average molecular weight is 235 g/mol. The van der Waals surface area contributed by atoms with E-state index in [0.717, 1.165) is 17.8 Å². The molecule has 0 fully saturated rings. The molecule has 1 aliphatic carbocycles. The van der Waals surface area contributed by atoms with E-state index in [4.69, 9.17) is 11.5 Å². The van der Waals surface area contributed by atoms with Gasteiger partial charge in [-0.3, -0.25) is 0 Å². The molecule has 0 spiro atoms. The number of nitrogens with two attached hydrogens (primary N) is 2. The van der Waals surface area contributed by atoms with Gasteiger partial charge in [0.2, 0.25) is 0 Å². The van der Waals surface area contributed by atoms with Gasteiger partial charge < -0.3 is 11.5 Å². The third-order valence-electron chi connectivity index (χ3n) is 2.61. The highest BCUT2D eigenvalue weighted by Crippen LogP contribution is 2.29. The van der Waals surface area contributed by atoms with Crippen LogP contribution in [0.2, 0.25) is 0 Å². The highest BCUT2D eigenvalue weighted by Gasteiger charge is 2.12. The van der Waals surface area contributed by atoms with Gasteiger partial charge in [-0.05, 0) is 42.9 Å². The molecular formula is C10H16Cl2N2. The lowest BCUT2D eigenvalue weighted by molar-refractivity contribution is 0.687. The van der Waals surface area contributed by atoms with Crippen LogP contribution in [0, 0.1) is 0 Å². The van der Waals surface area contributed by atoms with Crippen LogP contribution in [-0.2, 0) is 12.8 Å². The first-order valence-electron chi connectivity index (χ1n) is 4.45. The number of anilines is 2. The first-order valence-corrected chi connectivity index (χ1v) is 4.45. The molecule has 0 radical (unpaired) electrons. The molecule has 0 bridgehead atoms. The van der Waals surface area contributed by atoms with Crippen molar-refractivity contribution in [3.05, 3.63) is 23.3 Å². The predicted octanol–water partition coefficient (Wildman–Crippen LogP) is 2.57. The fraction of sp³-hybridized carbons (Fsp3) is 0.400. The number of benzene rings is 1. The lowest BCUT2D eigenvalue weighted by Crippen LogP contribution is -2.08. The van der Waals surface area contributed by atoms with Crippen LogP contribution < -0.4 is 11.5 Å². The molecule has 0 aliphatic heterocycles. The first kappa shape index (κ1) is 13.4. The Labute approximate surface area is 96.9 Å². The second kappa shape index (κ2) is 5.32. The topological polar surface area (TPSA) is 52.0 Å². The summed E-state index contributed by atoms with van der Waals surface area (Å²) in [6.45, 7) is 0. The maximum atomic E-state index is 5.88. The van der Waals surface area contributed by atoms with E-state index < -0.39 is 0 Å². The van der Waals surface area contributed by atoms with Crippen molar-refractivity contribution in [2.45, 2.75) is 25.7 Å². The van der Waals surface area contributed by atoms with Crippen LogP contribution in [0.15, 0.2) is 12.1 Å². The molecule has 0 atom stereocenters. The second-order valence-electron chi connectivity index (χ2n) is 3.41. The van der Waals surface area contributed by atoms with Gasteiger partial charge in [0.15, 0.2) is 0 Å². The van der Waals surface area contributed by atoms with Crippen LogP contribution in [0.3, 0.4) is 0 Å². The Bertz CT molecular complexity index is 313. The molecule has 0 saturated heterocycles. The molecule has 2 rings (SSSR count). The number of rotatable bonds is 0. The number of halogens is 2. The smallest absolute Gasteiger partial charge is 0.0583 e. The van der Waals surface area contributed by atoms with Crippen LogP contribution >= 0.6 is 24.8 Å². The fourth-order valence-corrected chi connectivity index (χ4v) is 1.87. The van der Waals surface area contributed by atoms with Crippen LogP contribution in [0.1, 0.15) is 24.0 Å². The van der Waals surface area contributed by atoms with Crippen molar-refractivity contribution >= 4 is 36.2 Å². The highest BCUT2D eigenvalue weighted by molar-refractivity contribution is 5.85. The molecule has 2 nitrogen and oxygen atoms in total. The van der Waals surface area contributed by atoms with Gasteiger partial charge in [0.1, 0.15) is 0 Å². The predicted molar refractivity (Wildman–Crippen MR) is 66.4 cm³/mol. The zero-order valence-corrected chi connectivity index (χ0v) is 9.59. The fourth-order valence-electron chi connectivity index (χ4n) is 1.87. The van der Waals surface area contributed by atoms with Crippen molar-refractivity contribution in [3.8, 4) is 0 Å². The number of hydrogen-bond acceptors (Lipinski definition) is 2. The second-order valence-corrected chi connectivity index (χ2v) is 3.41. The molecule has 80 valence electrons. The quantitative estimate of drug-likeness (QED) is 0.679. The minimum absolute atomic E-state index is 0. The van der Waals surface area contributed by atoms with Gasteiger partial charge in [-0.1, -0.05) is 6.07 Å². The molecule has 0 heterocycles. The highest BCUT2D eigenvalue weighted by atomic mass is 35.5. The Morgan fingerprint density at radius 1 is 0.929 bits per heavy atom. The number of aryl methyl sites for hydroxylation is 1. The standard InChI is InChI=1S/C10H14N2.2ClH/c11-9-6-5-7-3-1-2-4-8(7)10(9)12;;/h5-6H,1-4,11-12H2;2*1H. The summed E-state index contributed by atoms with van der Waals surface area (Å²) < 4.78 is 0. The molecule has 1 aromatic carbocycles. The maximum absolute atomic E-state index is 5.88. The van der Waals surface area contributed by atoms with Gasteiger partial charge in [-0.15, -0.1) is 24.8 Å². The van der Waals surface area contributed by atoms with E-state index in [1.165, 1.54) is 30.4 Å². The first-order chi connectivity index (χ1) is 5.79. The van der Waals surface area contributed by atoms with Crippen molar-refractivity contribution in [1.82, 2.24) is 0 Å². The summed E-state index contributed by atoms with van der Waals surface area (Å²) in [7, 11) is 0. The normalized spacial score (nSPS) is 13.4. The third-order valence-corrected chi connectivity index (χ3v) is 2.61. The summed E-state index contributed by atoms with van der Waals surface area (Å²) in [5.41, 5.74) is 15.8. The van der Waals surface area contributed by atoms with Crippen molar-refractivity contribution in [1.29, 1.82) is 0 Å². The van der Waals surface area contributed by atoms with E-state index in [-0.39, 0.29) is 24.8 Å². The SMILES string of the molecule is Cl.Cl.Nc1ccc2c(c1N)CCCC2. The summed E-state index contributed by atoms with van der Waals surface area (Å²) in [4.78, 5) is 0. The van der Waals surface area contributed by atoms with E-state index in [1.54, 1.807) is 0 Å². The van der Waals surface area contributed by atoms with Gasteiger partial charge in [0, 0.05) is 0 Å². The van der Waals surface area contributed by atoms with Crippen LogP contribution in [0.5, 0.6) is 0 Å². The van der Waals surface area contributed by atoms with Crippen molar-refractivity contribution < 1.29 is 0 Å². The molecule has 14 heavy (non-hydrogen) atoms. The Balaban J connectivity index is 0.000000845. The molecule has 0 unspecified atom stereocenters. The van der Waals surface area contributed by atoms with E-state index in [9.17, 15) is 0 Å². The Morgan fingerprint density at radius 3 is 2.29 bits per heavy atom. The molecule has 4 N–H and O–H groups in total. The zero-order chi connectivity index (χ0) is 8.55. The van der Waals surface area contributed by atoms with Crippen molar-refractivity contribution in [3.63, 3.8) is 0 Å². The van der Waals surface area contributed by atoms with E-state index in [1.807, 2.05) is 6.07 Å². The largest absolute Gasteiger partial charge is 0.397 e. The summed E-state index contributed by atoms with van der Waals surface area (Å²) in [5, 5.41) is 0. The summed E-state index contributed by atoms with van der Waals surface area (Å²) in [6, 6.07) is 4.03. The minimum atomic E-state index is 0. The van der Waals surface area contributed by atoms with Crippen LogP contribution in [-0.4, -0.2) is 0 Å². The van der Waals surface area contributed by atoms with Gasteiger partial charge in [-0.25, -0.2) is 0 Å². The van der Waals surface area contributed by atoms with Gasteiger partial charge >= 0.3 is 0 Å². The third kappa shape index (κ3) is 2.25. The summed E-state index contributed by atoms with van der Waals surface area (Å²) in [6.07, 6.45) is 4.81. The summed E-state index contributed by atoms with van der Waals surface area (Å²) >= 11 is 0.